The molecular formula is C33H50O11. The fourth-order valence-corrected chi connectivity index (χ4v) is 10.5. The van der Waals surface area contributed by atoms with Gasteiger partial charge in [-0.25, -0.2) is 19.6 Å². The van der Waals surface area contributed by atoms with Crippen molar-refractivity contribution in [2.45, 2.75) is 141 Å². The summed E-state index contributed by atoms with van der Waals surface area (Å²) in [4.78, 5) is 37.4. The molecule has 0 aromatic carbocycles. The third-order valence-corrected chi connectivity index (χ3v) is 13.0. The summed E-state index contributed by atoms with van der Waals surface area (Å²) in [6.45, 7) is 12.4. The van der Waals surface area contributed by atoms with E-state index in [9.17, 15) is 4.79 Å². The van der Waals surface area contributed by atoms with Crippen molar-refractivity contribution in [2.24, 2.45) is 47.3 Å². The zero-order valence-electron chi connectivity index (χ0n) is 27.0. The molecular weight excluding hydrogens is 572 g/mol. The SMILES string of the molecule is C[C@H]1[C@@H](OCC(=O)CO[C@H]2O[C@@H]3OC4(C)CC[C@H]5[C@H](C)CC[C@@H]([C@H]2C)C35OO4)O[C@@H]2OC3(C)CC[C@H]4[C@H](C)CC[C@@H]1C24OO3. The molecule has 8 saturated heterocycles. The van der Waals surface area contributed by atoms with Crippen LogP contribution in [0.1, 0.15) is 92.9 Å². The van der Waals surface area contributed by atoms with Gasteiger partial charge in [0.2, 0.25) is 11.6 Å². The van der Waals surface area contributed by atoms with E-state index in [0.29, 0.717) is 11.8 Å². The van der Waals surface area contributed by atoms with E-state index in [1.165, 1.54) is 0 Å². The van der Waals surface area contributed by atoms with E-state index in [-0.39, 0.29) is 54.5 Å². The second-order valence-electron chi connectivity index (χ2n) is 15.7. The van der Waals surface area contributed by atoms with Crippen molar-refractivity contribution < 1.29 is 52.8 Å². The molecule has 0 radical (unpaired) electrons. The highest BCUT2D eigenvalue weighted by molar-refractivity contribution is 5.80. The van der Waals surface area contributed by atoms with E-state index >= 15 is 0 Å². The molecule has 0 N–H and O–H groups in total. The fourth-order valence-electron chi connectivity index (χ4n) is 10.5. The van der Waals surface area contributed by atoms with Crippen LogP contribution in [-0.2, 0) is 52.8 Å². The van der Waals surface area contributed by atoms with E-state index in [4.69, 9.17) is 48.0 Å². The van der Waals surface area contributed by atoms with Gasteiger partial charge in [0.15, 0.2) is 42.1 Å². The second-order valence-corrected chi connectivity index (χ2v) is 15.7. The summed E-state index contributed by atoms with van der Waals surface area (Å²) in [5.74, 6) is -0.0998. The van der Waals surface area contributed by atoms with Crippen molar-refractivity contribution >= 4 is 5.78 Å². The molecule has 4 bridgehead atoms. The second kappa shape index (κ2) is 10.6. The Morgan fingerprint density at radius 3 is 1.48 bits per heavy atom. The van der Waals surface area contributed by atoms with E-state index in [1.807, 2.05) is 13.8 Å². The Labute approximate surface area is 260 Å². The van der Waals surface area contributed by atoms with E-state index in [2.05, 4.69) is 27.7 Å². The Balaban J connectivity index is 0.917. The highest BCUT2D eigenvalue weighted by atomic mass is 17.3. The van der Waals surface area contributed by atoms with Gasteiger partial charge in [0, 0.05) is 36.5 Å². The average Bonchev–Trinajstić information content (AvgIpc) is 3.37. The number of carbonyl (C=O) groups excluding carboxylic acids is 1. The maximum absolute atomic E-state index is 13.2. The minimum atomic E-state index is -0.854. The molecule has 0 aromatic heterocycles. The van der Waals surface area contributed by atoms with Gasteiger partial charge in [-0.2, -0.15) is 0 Å². The van der Waals surface area contributed by atoms with Gasteiger partial charge in [0.25, 0.3) is 0 Å². The first-order valence-corrected chi connectivity index (χ1v) is 17.1. The minimum Gasteiger partial charge on any atom is -0.344 e. The molecule has 8 heterocycles. The van der Waals surface area contributed by atoms with Gasteiger partial charge in [-0.15, -0.1) is 0 Å². The van der Waals surface area contributed by atoms with Crippen LogP contribution >= 0.6 is 0 Å². The predicted molar refractivity (Wildman–Crippen MR) is 151 cm³/mol. The fraction of sp³-hybridized carbons (Fsp3) is 0.970. The van der Waals surface area contributed by atoms with Crippen LogP contribution in [0.5, 0.6) is 0 Å². The van der Waals surface area contributed by atoms with Crippen molar-refractivity contribution in [3.8, 4) is 0 Å². The predicted octanol–water partition coefficient (Wildman–Crippen LogP) is 5.00. The van der Waals surface area contributed by atoms with Crippen LogP contribution in [0.4, 0.5) is 0 Å². The monoisotopic (exact) mass is 622 g/mol. The van der Waals surface area contributed by atoms with Gasteiger partial charge in [-0.1, -0.05) is 27.7 Å². The highest BCUT2D eigenvalue weighted by Crippen LogP contribution is 2.62. The maximum Gasteiger partial charge on any atom is 0.201 e. The normalized spacial score (nSPS) is 57.6. The number of ketones is 1. The van der Waals surface area contributed by atoms with Crippen molar-refractivity contribution in [1.82, 2.24) is 0 Å². The standard InChI is InChI=1S/C33H50O11/c1-17-7-9-24-19(3)26(37-28-32(24)22(17)11-13-30(5,39-28)41-43-32)35-15-21(34)16-36-27-20(4)25-10-8-18(2)23-12-14-31(6)40-29(38-27)33(23,25)44-42-31/h17-20,22-29H,7-16H2,1-6H3/t17-,18-,19-,20-,22+,23+,24+,25+,26+,27+,28-,29-,30?,31?,32?,33?/m1/s1. The molecule has 8 aliphatic heterocycles. The largest absolute Gasteiger partial charge is 0.344 e. The molecule has 44 heavy (non-hydrogen) atoms. The number of hydrogen-bond donors (Lipinski definition) is 0. The molecule has 248 valence electrons. The Bertz CT molecular complexity index is 1050. The molecule has 0 aromatic rings. The van der Waals surface area contributed by atoms with Crippen LogP contribution in [0.2, 0.25) is 0 Å². The Kier molecular flexibility index (Phi) is 7.40. The molecule has 2 aliphatic carbocycles. The summed E-state index contributed by atoms with van der Waals surface area (Å²) in [6, 6.07) is 0. The molecule has 11 nitrogen and oxygen atoms in total. The summed E-state index contributed by atoms with van der Waals surface area (Å²) < 4.78 is 38.1. The lowest BCUT2D eigenvalue weighted by atomic mass is 9.58. The molecule has 2 spiro atoms. The zero-order valence-corrected chi connectivity index (χ0v) is 27.0. The number of Topliss-reactive ketones (excluding diaryl/α,β-unsaturated/α-hetero) is 1. The van der Waals surface area contributed by atoms with Crippen LogP contribution in [0.15, 0.2) is 0 Å². The van der Waals surface area contributed by atoms with E-state index < -0.39 is 47.9 Å². The van der Waals surface area contributed by atoms with Crippen LogP contribution in [0.25, 0.3) is 0 Å². The molecule has 16 atom stereocenters. The number of ether oxygens (including phenoxy) is 6. The molecule has 0 amide bonds. The van der Waals surface area contributed by atoms with Crippen molar-refractivity contribution in [3.63, 3.8) is 0 Å². The molecule has 10 rings (SSSR count). The molecule has 4 unspecified atom stereocenters. The lowest BCUT2D eigenvalue weighted by Gasteiger charge is -2.60. The van der Waals surface area contributed by atoms with Gasteiger partial charge < -0.3 is 28.4 Å². The molecule has 10 fully saturated rings. The van der Waals surface area contributed by atoms with Crippen LogP contribution < -0.4 is 0 Å². The van der Waals surface area contributed by atoms with Gasteiger partial charge in [-0.05, 0) is 76.0 Å². The van der Waals surface area contributed by atoms with Gasteiger partial charge >= 0.3 is 0 Å². The summed E-state index contributed by atoms with van der Waals surface area (Å²) in [5, 5.41) is 0. The summed E-state index contributed by atoms with van der Waals surface area (Å²) in [6.07, 6.45) is 5.17. The number of rotatable bonds is 6. The van der Waals surface area contributed by atoms with Gasteiger partial charge in [0.1, 0.15) is 13.2 Å². The van der Waals surface area contributed by atoms with Crippen molar-refractivity contribution in [2.75, 3.05) is 13.2 Å². The third-order valence-electron chi connectivity index (χ3n) is 13.0. The Morgan fingerprint density at radius 2 is 1.05 bits per heavy atom. The lowest BCUT2D eigenvalue weighted by Crippen LogP contribution is -2.70. The Morgan fingerprint density at radius 1 is 0.614 bits per heavy atom. The highest BCUT2D eigenvalue weighted by Gasteiger charge is 2.71. The summed E-state index contributed by atoms with van der Waals surface area (Å²) in [7, 11) is 0. The summed E-state index contributed by atoms with van der Waals surface area (Å²) >= 11 is 0. The van der Waals surface area contributed by atoms with Gasteiger partial charge in [0.05, 0.1) is 0 Å². The average molecular weight is 623 g/mol. The first kappa shape index (κ1) is 30.6. The number of fused-ring (bicyclic) bond motifs is 4. The maximum atomic E-state index is 13.2. The zero-order chi connectivity index (χ0) is 30.6. The molecule has 2 saturated carbocycles. The Hall–Kier alpha value is -0.730. The number of hydrogen-bond acceptors (Lipinski definition) is 11. The first-order chi connectivity index (χ1) is 21.0. The molecule has 10 aliphatic rings. The van der Waals surface area contributed by atoms with E-state index in [0.717, 1.165) is 51.4 Å². The first-order valence-electron chi connectivity index (χ1n) is 17.1. The lowest BCUT2D eigenvalue weighted by molar-refractivity contribution is -0.577. The quantitative estimate of drug-likeness (QED) is 0.373. The van der Waals surface area contributed by atoms with E-state index in [1.54, 1.807) is 0 Å². The number of carbonyl (C=O) groups is 1. The van der Waals surface area contributed by atoms with Crippen LogP contribution in [0.3, 0.4) is 0 Å². The van der Waals surface area contributed by atoms with Crippen LogP contribution in [0, 0.1) is 47.3 Å². The van der Waals surface area contributed by atoms with Crippen LogP contribution in [-0.4, -0.2) is 66.9 Å². The summed E-state index contributed by atoms with van der Waals surface area (Å²) in [5.41, 5.74) is -1.32. The van der Waals surface area contributed by atoms with Crippen molar-refractivity contribution in [3.05, 3.63) is 0 Å². The molecule has 11 heteroatoms. The smallest absolute Gasteiger partial charge is 0.201 e. The third kappa shape index (κ3) is 4.40. The van der Waals surface area contributed by atoms with Gasteiger partial charge in [-0.3, -0.25) is 4.79 Å². The minimum absolute atomic E-state index is 0.00413. The van der Waals surface area contributed by atoms with Crippen molar-refractivity contribution in [1.29, 1.82) is 0 Å². The topological polar surface area (TPSA) is 109 Å².